The van der Waals surface area contributed by atoms with Gasteiger partial charge in [-0.15, -0.1) is 0 Å². The van der Waals surface area contributed by atoms with Gasteiger partial charge >= 0.3 is 0 Å². The van der Waals surface area contributed by atoms with Crippen molar-refractivity contribution in [2.24, 2.45) is 24.3 Å². The molecule has 1 fully saturated rings. The molecule has 0 aliphatic heterocycles. The second-order valence-corrected chi connectivity index (χ2v) is 36.5. The molecule has 1 aliphatic rings. The summed E-state index contributed by atoms with van der Waals surface area (Å²) < 4.78 is 23.2. The highest BCUT2D eigenvalue weighted by atomic mass is 28.4. The quantitative estimate of drug-likeness (QED) is 0.0981. The number of carbonyl (C=O) groups excluding carboxylic acids is 1. The average molecular weight is 833 g/mol. The van der Waals surface area contributed by atoms with Gasteiger partial charge in [-0.1, -0.05) is 100 Å². The Labute approximate surface area is 348 Å². The maximum atomic E-state index is 15.0. The molecule has 5 atom stereocenters. The van der Waals surface area contributed by atoms with Crippen LogP contribution in [0.25, 0.3) is 6.08 Å². The fraction of sp³-hybridized carbons (Fsp3) is 0.826. The van der Waals surface area contributed by atoms with Gasteiger partial charge in [0.05, 0.1) is 29.9 Å². The number of aromatic nitrogens is 2. The lowest BCUT2D eigenvalue weighted by molar-refractivity contribution is -0.152. The summed E-state index contributed by atoms with van der Waals surface area (Å²) in [5, 5.41) is 14.8. The van der Waals surface area contributed by atoms with E-state index in [-0.39, 0.29) is 57.7 Å². The van der Waals surface area contributed by atoms with Crippen LogP contribution in [0.1, 0.15) is 147 Å². The zero-order chi connectivity index (χ0) is 43.3. The van der Waals surface area contributed by atoms with Crippen LogP contribution in [0.3, 0.4) is 0 Å². The first-order valence-electron chi connectivity index (χ1n) is 21.8. The van der Waals surface area contributed by atoms with Gasteiger partial charge in [-0.05, 0) is 125 Å². The van der Waals surface area contributed by atoms with E-state index in [1.54, 1.807) is 0 Å². The molecule has 1 heterocycles. The largest absolute Gasteiger partial charge is 0.413 e. The molecule has 0 aromatic carbocycles. The number of hydrogen-bond acceptors (Lipinski definition) is 6. The number of ketones is 1. The second kappa shape index (κ2) is 19.5. The summed E-state index contributed by atoms with van der Waals surface area (Å²) >= 11 is 0. The third kappa shape index (κ3) is 13.2. The number of aryl methyl sites for hydroxylation is 1. The lowest BCUT2D eigenvalue weighted by Crippen LogP contribution is -2.58. The minimum atomic E-state index is -2.20. The number of aliphatic hydroxyl groups excluding tert-OH is 1. The Morgan fingerprint density at radius 3 is 1.84 bits per heavy atom. The van der Waals surface area contributed by atoms with Crippen LogP contribution in [0, 0.1) is 17.3 Å². The van der Waals surface area contributed by atoms with E-state index < -0.39 is 30.4 Å². The maximum Gasteiger partial charge on any atom is 0.192 e. The number of carbonyl (C=O) groups is 1. The van der Waals surface area contributed by atoms with Crippen molar-refractivity contribution in [2.75, 3.05) is 6.61 Å². The van der Waals surface area contributed by atoms with Gasteiger partial charge in [0.25, 0.3) is 0 Å². The normalized spacial score (nSPS) is 19.3. The van der Waals surface area contributed by atoms with E-state index in [2.05, 4.69) is 147 Å². The molecule has 1 aromatic rings. The lowest BCUT2D eigenvalue weighted by atomic mass is 9.59. The molecule has 1 aliphatic carbocycles. The van der Waals surface area contributed by atoms with Crippen LogP contribution in [0.2, 0.25) is 54.4 Å². The van der Waals surface area contributed by atoms with Crippen LogP contribution in [0.4, 0.5) is 0 Å². The second-order valence-electron chi connectivity index (χ2n) is 22.2. The molecule has 56 heavy (non-hydrogen) atoms. The van der Waals surface area contributed by atoms with E-state index in [1.165, 1.54) is 11.1 Å². The summed E-state index contributed by atoms with van der Waals surface area (Å²) in [6.45, 7) is 43.3. The summed E-state index contributed by atoms with van der Waals surface area (Å²) in [7, 11) is -4.45. The highest BCUT2D eigenvalue weighted by molar-refractivity contribution is 6.75. The molecule has 10 heteroatoms. The molecule has 0 amide bonds. The highest BCUT2D eigenvalue weighted by Crippen LogP contribution is 2.52. The van der Waals surface area contributed by atoms with E-state index in [1.807, 2.05) is 24.1 Å². The zero-order valence-electron chi connectivity index (χ0n) is 40.0. The summed E-state index contributed by atoms with van der Waals surface area (Å²) in [6.07, 6.45) is 15.2. The van der Waals surface area contributed by atoms with E-state index in [4.69, 9.17) is 13.3 Å². The standard InChI is InChI=1S/C46H88N2O5Si3/c1-34(25-26-39(51-54(15,16)43(5,6)7)36(3)31-38-32-47-48(14)33-38)23-21-24-35(2)41(53-56(19,20)45(11,12)13)37(4)42(50)46(28-22-29-46)40(27-30-49)52-55(17,18)44(8,9)10/h25,31-33,35,37,39-41,49H,21-24,26-30H2,1-20H3/b34-25+,36-31+/t35-,37+,39-,40-,41-/m0/s1. The Bertz CT molecular complexity index is 1470. The topological polar surface area (TPSA) is 82.8 Å². The molecule has 324 valence electrons. The molecular weight excluding hydrogens is 745 g/mol. The average Bonchev–Trinajstić information content (AvgIpc) is 3.42. The van der Waals surface area contributed by atoms with E-state index in [0.717, 1.165) is 50.5 Å². The number of aliphatic hydroxyl groups is 1. The van der Waals surface area contributed by atoms with Gasteiger partial charge in [0.15, 0.2) is 25.0 Å². The first-order chi connectivity index (χ1) is 25.3. The molecule has 2 rings (SSSR count). The van der Waals surface area contributed by atoms with Crippen LogP contribution >= 0.6 is 0 Å². The van der Waals surface area contributed by atoms with Crippen LogP contribution in [0.5, 0.6) is 0 Å². The van der Waals surface area contributed by atoms with Crippen LogP contribution in [-0.2, 0) is 25.1 Å². The SMILES string of the molecule is C/C(=C\C[C@H](O[Si](C)(C)C(C)(C)C)/C(C)=C/c1cnn(C)c1)CCC[C@H](C)[C@H](O[Si](C)(C)C(C)(C)C)[C@@H](C)C(=O)C1([C@H](CCO)O[Si](C)(C)C(C)(C)C)CCC1. The van der Waals surface area contributed by atoms with Gasteiger partial charge in [0.1, 0.15) is 5.78 Å². The van der Waals surface area contributed by atoms with Crippen LogP contribution in [0.15, 0.2) is 29.6 Å². The number of allylic oxidation sites excluding steroid dienone is 1. The van der Waals surface area contributed by atoms with Crippen molar-refractivity contribution in [1.29, 1.82) is 0 Å². The summed E-state index contributed by atoms with van der Waals surface area (Å²) in [4.78, 5) is 15.0. The number of rotatable bonds is 21. The van der Waals surface area contributed by atoms with E-state index in [0.29, 0.717) is 6.42 Å². The smallest absolute Gasteiger partial charge is 0.192 e. The minimum absolute atomic E-state index is 0.00769. The molecule has 0 unspecified atom stereocenters. The first-order valence-corrected chi connectivity index (χ1v) is 30.6. The molecule has 7 nitrogen and oxygen atoms in total. The van der Waals surface area contributed by atoms with Crippen LogP contribution < -0.4 is 0 Å². The zero-order valence-corrected chi connectivity index (χ0v) is 43.0. The molecular formula is C46H88N2O5Si3. The fourth-order valence-corrected chi connectivity index (χ4v) is 11.4. The molecule has 1 saturated carbocycles. The molecule has 1 aromatic heterocycles. The first kappa shape index (κ1) is 51.0. The number of nitrogens with zero attached hydrogens (tertiary/aromatic N) is 2. The Balaban J connectivity index is 2.34. The Hall–Kier alpha value is -1.15. The lowest BCUT2D eigenvalue weighted by Gasteiger charge is -2.52. The summed E-state index contributed by atoms with van der Waals surface area (Å²) in [6, 6.07) is 0. The van der Waals surface area contributed by atoms with E-state index >= 15 is 4.79 Å². The van der Waals surface area contributed by atoms with Gasteiger partial charge < -0.3 is 18.4 Å². The monoisotopic (exact) mass is 833 g/mol. The summed E-state index contributed by atoms with van der Waals surface area (Å²) in [5.74, 6) is 0.239. The van der Waals surface area contributed by atoms with Crippen molar-refractivity contribution >= 4 is 36.8 Å². The van der Waals surface area contributed by atoms with Gasteiger partial charge in [0.2, 0.25) is 0 Å². The number of hydrogen-bond donors (Lipinski definition) is 1. The molecule has 0 saturated heterocycles. The van der Waals surface area contributed by atoms with Gasteiger partial charge in [-0.2, -0.15) is 5.10 Å². The molecule has 0 radical (unpaired) electrons. The Morgan fingerprint density at radius 1 is 0.875 bits per heavy atom. The van der Waals surface area contributed by atoms with Crippen molar-refractivity contribution in [1.82, 2.24) is 9.78 Å². The Kier molecular flexibility index (Phi) is 17.7. The molecule has 0 spiro atoms. The van der Waals surface area contributed by atoms with Crippen molar-refractivity contribution in [3.8, 4) is 0 Å². The molecule has 0 bridgehead atoms. The van der Waals surface area contributed by atoms with Gasteiger partial charge in [0, 0.05) is 31.3 Å². The van der Waals surface area contributed by atoms with Gasteiger partial charge in [-0.25, -0.2) is 0 Å². The predicted octanol–water partition coefficient (Wildman–Crippen LogP) is 12.9. The van der Waals surface area contributed by atoms with Gasteiger partial charge in [-0.3, -0.25) is 9.48 Å². The third-order valence-electron chi connectivity index (χ3n) is 14.5. The maximum absolute atomic E-state index is 15.0. The van der Waals surface area contributed by atoms with Crippen LogP contribution in [-0.4, -0.2) is 70.5 Å². The summed E-state index contributed by atoms with van der Waals surface area (Å²) in [5.41, 5.74) is 3.15. The number of Topliss-reactive ketones (excluding diaryl/α,β-unsaturated/α-hetero) is 1. The fourth-order valence-electron chi connectivity index (χ4n) is 7.22. The van der Waals surface area contributed by atoms with Crippen molar-refractivity contribution in [3.05, 3.63) is 35.2 Å². The van der Waals surface area contributed by atoms with E-state index in [9.17, 15) is 5.11 Å². The van der Waals surface area contributed by atoms with Crippen molar-refractivity contribution in [3.63, 3.8) is 0 Å². The third-order valence-corrected chi connectivity index (χ3v) is 27.9. The van der Waals surface area contributed by atoms with Crippen molar-refractivity contribution < 1.29 is 23.2 Å². The minimum Gasteiger partial charge on any atom is -0.413 e. The molecule has 1 N–H and O–H groups in total. The predicted molar refractivity (Wildman–Crippen MR) is 247 cm³/mol. The Morgan fingerprint density at radius 2 is 1.39 bits per heavy atom. The van der Waals surface area contributed by atoms with Crippen molar-refractivity contribution in [2.45, 2.75) is 214 Å². The highest BCUT2D eigenvalue weighted by Gasteiger charge is 2.56.